The lowest BCUT2D eigenvalue weighted by Crippen LogP contribution is -2.31. The van der Waals surface area contributed by atoms with E-state index in [1.165, 1.54) is 20.9 Å². The van der Waals surface area contributed by atoms with E-state index in [0.717, 1.165) is 43.0 Å². The second-order valence-electron chi connectivity index (χ2n) is 8.20. The van der Waals surface area contributed by atoms with Crippen molar-refractivity contribution in [1.29, 1.82) is 5.26 Å². The first-order chi connectivity index (χ1) is 16.1. The molecule has 0 saturated carbocycles. The third kappa shape index (κ3) is 5.01. The molecule has 33 heavy (non-hydrogen) atoms. The van der Waals surface area contributed by atoms with E-state index in [1.54, 1.807) is 23.5 Å². The Kier molecular flexibility index (Phi) is 7.54. The lowest BCUT2D eigenvalue weighted by atomic mass is 9.82. The lowest BCUT2D eigenvalue weighted by Gasteiger charge is -2.30. The Hall–Kier alpha value is -2.59. The molecule has 0 fully saturated rings. The fraction of sp³-hybridized carbons (Fsp3) is 0.296. The Morgan fingerprint density at radius 1 is 1.03 bits per heavy atom. The molecule has 2 heterocycles. The number of rotatable bonds is 6. The summed E-state index contributed by atoms with van der Waals surface area (Å²) in [5.74, 6) is 0.768. The van der Waals surface area contributed by atoms with Crippen LogP contribution in [-0.4, -0.2) is 37.0 Å². The summed E-state index contributed by atoms with van der Waals surface area (Å²) in [6, 6.07) is 19.4. The summed E-state index contributed by atoms with van der Waals surface area (Å²) >= 11 is 3.45. The van der Waals surface area contributed by atoms with E-state index in [-0.39, 0.29) is 11.8 Å². The van der Waals surface area contributed by atoms with Crippen LogP contribution in [0.3, 0.4) is 0 Å². The van der Waals surface area contributed by atoms with Crippen LogP contribution >= 0.6 is 23.5 Å². The summed E-state index contributed by atoms with van der Waals surface area (Å²) in [4.78, 5) is 4.88. The third-order valence-electron chi connectivity index (χ3n) is 6.10. The molecule has 170 valence electrons. The van der Waals surface area contributed by atoms with Crippen molar-refractivity contribution in [2.45, 2.75) is 29.1 Å². The van der Waals surface area contributed by atoms with Crippen LogP contribution in [0.2, 0.25) is 0 Å². The normalized spacial score (nSPS) is 18.8. The van der Waals surface area contributed by atoms with Gasteiger partial charge in [0.2, 0.25) is 5.88 Å². The summed E-state index contributed by atoms with van der Waals surface area (Å²) < 4.78 is 6.10. The fourth-order valence-corrected chi connectivity index (χ4v) is 5.29. The number of nitrogens with zero attached hydrogens (tertiary/aromatic N) is 2. The van der Waals surface area contributed by atoms with E-state index in [0.29, 0.717) is 5.57 Å². The van der Waals surface area contributed by atoms with E-state index in [2.05, 4.69) is 85.0 Å². The van der Waals surface area contributed by atoms with Crippen molar-refractivity contribution < 1.29 is 4.74 Å². The Morgan fingerprint density at radius 2 is 1.67 bits per heavy atom. The minimum Gasteiger partial charge on any atom is -0.440 e. The molecule has 2 aromatic rings. The number of ether oxygens (including phenoxy) is 1. The van der Waals surface area contributed by atoms with Gasteiger partial charge in [0.15, 0.2) is 0 Å². The zero-order valence-electron chi connectivity index (χ0n) is 19.3. The molecule has 2 aliphatic heterocycles. The second-order valence-corrected chi connectivity index (χ2v) is 9.96. The van der Waals surface area contributed by atoms with Gasteiger partial charge < -0.3 is 10.5 Å². The number of nitriles is 1. The predicted molar refractivity (Wildman–Crippen MR) is 139 cm³/mol. The molecule has 4 rings (SSSR count). The predicted octanol–water partition coefficient (Wildman–Crippen LogP) is 6.00. The molecule has 2 aromatic carbocycles. The van der Waals surface area contributed by atoms with Gasteiger partial charge in [0.25, 0.3) is 0 Å². The largest absolute Gasteiger partial charge is 0.440 e. The average Bonchev–Trinajstić information content (AvgIpc) is 3.02. The van der Waals surface area contributed by atoms with Gasteiger partial charge in [-0.25, -0.2) is 0 Å². The molecular formula is C27H29N3OS2. The quantitative estimate of drug-likeness (QED) is 0.517. The van der Waals surface area contributed by atoms with Gasteiger partial charge in [0.1, 0.15) is 17.4 Å². The van der Waals surface area contributed by atoms with Crippen molar-refractivity contribution in [3.05, 3.63) is 88.5 Å². The Bertz CT molecular complexity index is 1140. The summed E-state index contributed by atoms with van der Waals surface area (Å²) in [7, 11) is 0. The van der Waals surface area contributed by atoms with E-state index < -0.39 is 0 Å². The Balaban J connectivity index is 1.83. The highest BCUT2D eigenvalue weighted by Gasteiger charge is 2.34. The number of hydrogen-bond donors (Lipinski definition) is 1. The molecule has 2 N–H and O–H groups in total. The van der Waals surface area contributed by atoms with Crippen LogP contribution in [-0.2, 0) is 4.74 Å². The molecule has 4 nitrogen and oxygen atoms in total. The maximum atomic E-state index is 9.98. The van der Waals surface area contributed by atoms with E-state index >= 15 is 0 Å². The molecule has 0 saturated heterocycles. The van der Waals surface area contributed by atoms with Gasteiger partial charge in [-0.05, 0) is 78.1 Å². The molecule has 0 bridgehead atoms. The van der Waals surface area contributed by atoms with Gasteiger partial charge in [0.05, 0.1) is 5.92 Å². The molecule has 6 heteroatoms. The molecule has 0 radical (unpaired) electrons. The van der Waals surface area contributed by atoms with Crippen LogP contribution in [0.4, 0.5) is 0 Å². The van der Waals surface area contributed by atoms with Crippen molar-refractivity contribution >= 4 is 29.1 Å². The van der Waals surface area contributed by atoms with Crippen molar-refractivity contribution in [2.75, 3.05) is 32.1 Å². The zero-order chi connectivity index (χ0) is 23.4. The molecule has 1 unspecified atom stereocenters. The number of thioether (sulfide) groups is 2. The smallest absolute Gasteiger partial charge is 0.205 e. The zero-order valence-corrected chi connectivity index (χ0v) is 20.9. The molecule has 0 aromatic heterocycles. The number of nitrogens with two attached hydrogens (primary N) is 1. The van der Waals surface area contributed by atoms with Crippen LogP contribution in [0.5, 0.6) is 0 Å². The first-order valence-corrected chi connectivity index (χ1v) is 13.5. The lowest BCUT2D eigenvalue weighted by molar-refractivity contribution is 0.278. The highest BCUT2D eigenvalue weighted by molar-refractivity contribution is 7.98. The van der Waals surface area contributed by atoms with E-state index in [1.807, 2.05) is 0 Å². The van der Waals surface area contributed by atoms with E-state index in [9.17, 15) is 5.26 Å². The van der Waals surface area contributed by atoms with Crippen molar-refractivity contribution in [2.24, 2.45) is 5.73 Å². The van der Waals surface area contributed by atoms with Crippen LogP contribution in [0.15, 0.2) is 87.2 Å². The molecular weight excluding hydrogens is 446 g/mol. The Morgan fingerprint density at radius 3 is 2.24 bits per heavy atom. The monoisotopic (exact) mass is 475 g/mol. The first kappa shape index (κ1) is 23.6. The van der Waals surface area contributed by atoms with Crippen molar-refractivity contribution in [3.63, 3.8) is 0 Å². The van der Waals surface area contributed by atoms with Crippen molar-refractivity contribution in [1.82, 2.24) is 4.90 Å². The van der Waals surface area contributed by atoms with Crippen LogP contribution in [0.1, 0.15) is 30.4 Å². The van der Waals surface area contributed by atoms with Gasteiger partial charge in [-0.2, -0.15) is 5.26 Å². The minimum atomic E-state index is -0.205. The molecule has 0 spiro atoms. The van der Waals surface area contributed by atoms with Gasteiger partial charge in [0, 0.05) is 22.9 Å². The van der Waals surface area contributed by atoms with E-state index in [4.69, 9.17) is 10.5 Å². The Labute approximate surface area is 205 Å². The number of allylic oxidation sites excluding steroid dienone is 2. The van der Waals surface area contributed by atoms with Gasteiger partial charge in [-0.3, -0.25) is 4.90 Å². The SMILES string of the molecule is CCCN1CC(c2ccc(SC)cc2)=CC2=C(C1)C(c1ccc(SC)cc1)C(C#N)=C(N)O2. The topological polar surface area (TPSA) is 62.3 Å². The molecule has 0 aliphatic carbocycles. The van der Waals surface area contributed by atoms with Crippen molar-refractivity contribution in [3.8, 4) is 6.07 Å². The highest BCUT2D eigenvalue weighted by Crippen LogP contribution is 2.42. The summed E-state index contributed by atoms with van der Waals surface area (Å²) in [5.41, 5.74) is 11.3. The molecule has 2 aliphatic rings. The van der Waals surface area contributed by atoms with Crippen LogP contribution in [0.25, 0.3) is 5.57 Å². The minimum absolute atomic E-state index is 0.201. The summed E-state index contributed by atoms with van der Waals surface area (Å²) in [6.45, 7) is 4.73. The third-order valence-corrected chi connectivity index (χ3v) is 7.59. The second kappa shape index (κ2) is 10.6. The fourth-order valence-electron chi connectivity index (χ4n) is 4.47. The van der Waals surface area contributed by atoms with Gasteiger partial charge >= 0.3 is 0 Å². The maximum Gasteiger partial charge on any atom is 0.205 e. The summed E-state index contributed by atoms with van der Waals surface area (Å²) in [6.07, 6.45) is 7.33. The van der Waals surface area contributed by atoms with Crippen LogP contribution in [0, 0.1) is 11.3 Å². The molecule has 0 amide bonds. The van der Waals surface area contributed by atoms with Crippen LogP contribution < -0.4 is 5.73 Å². The number of benzene rings is 2. The standard InChI is InChI=1S/C27H29N3OS2/c1-4-13-30-16-20(18-5-9-21(32-2)10-6-18)14-25-24(17-30)26(23(15-28)27(29)31-25)19-7-11-22(33-3)12-8-19/h5-12,14,26H,4,13,16-17,29H2,1-3H3. The highest BCUT2D eigenvalue weighted by atomic mass is 32.2. The molecule has 1 atom stereocenters. The van der Waals surface area contributed by atoms with Gasteiger partial charge in [-0.1, -0.05) is 31.2 Å². The summed E-state index contributed by atoms with van der Waals surface area (Å²) in [5, 5.41) is 9.98. The average molecular weight is 476 g/mol. The van der Waals surface area contributed by atoms with Gasteiger partial charge in [-0.15, -0.1) is 23.5 Å². The number of hydrogen-bond acceptors (Lipinski definition) is 6. The maximum absolute atomic E-state index is 9.98. The first-order valence-electron chi connectivity index (χ1n) is 11.1.